The van der Waals surface area contributed by atoms with E-state index < -0.39 is 5.97 Å². The van der Waals surface area contributed by atoms with Gasteiger partial charge < -0.3 is 10.1 Å². The minimum Gasteiger partial charge on any atom is -0.452 e. The van der Waals surface area contributed by atoms with Crippen LogP contribution in [0.15, 0.2) is 54.6 Å². The van der Waals surface area contributed by atoms with Crippen LogP contribution in [-0.4, -0.2) is 18.5 Å². The minimum atomic E-state index is -0.556. The Morgan fingerprint density at radius 2 is 1.92 bits per heavy atom. The van der Waals surface area contributed by atoms with Crippen molar-refractivity contribution in [2.24, 2.45) is 0 Å². The van der Waals surface area contributed by atoms with Gasteiger partial charge in [-0.15, -0.1) is 0 Å². The Labute approximate surface area is 157 Å². The van der Waals surface area contributed by atoms with Gasteiger partial charge in [0.1, 0.15) is 0 Å². The lowest BCUT2D eigenvalue weighted by Gasteiger charge is -2.26. The Balaban J connectivity index is 1.48. The van der Waals surface area contributed by atoms with E-state index in [1.807, 2.05) is 18.2 Å². The van der Waals surface area contributed by atoms with E-state index in [-0.39, 0.29) is 18.6 Å². The molecule has 4 nitrogen and oxygen atoms in total. The second-order valence-electron chi connectivity index (χ2n) is 6.20. The highest BCUT2D eigenvalue weighted by Crippen LogP contribution is 2.29. The smallest absolute Gasteiger partial charge is 0.331 e. The highest BCUT2D eigenvalue weighted by atomic mass is 35.5. The maximum Gasteiger partial charge on any atom is 0.331 e. The normalized spacial score (nSPS) is 16.1. The van der Waals surface area contributed by atoms with Crippen molar-refractivity contribution in [1.82, 2.24) is 5.32 Å². The fraction of sp³-hybridized carbons (Fsp3) is 0.238. The van der Waals surface area contributed by atoms with Gasteiger partial charge in [0, 0.05) is 11.1 Å². The molecule has 134 valence electrons. The molecule has 0 aliphatic heterocycles. The van der Waals surface area contributed by atoms with E-state index in [0.29, 0.717) is 5.02 Å². The van der Waals surface area contributed by atoms with Crippen LogP contribution in [0.4, 0.5) is 0 Å². The zero-order valence-electron chi connectivity index (χ0n) is 14.3. The van der Waals surface area contributed by atoms with E-state index in [4.69, 9.17) is 16.3 Å². The summed E-state index contributed by atoms with van der Waals surface area (Å²) in [6.45, 7) is -0.289. The Hall–Kier alpha value is -2.59. The molecule has 1 amide bonds. The van der Waals surface area contributed by atoms with Crippen LogP contribution in [0, 0.1) is 0 Å². The van der Waals surface area contributed by atoms with Crippen molar-refractivity contribution in [2.75, 3.05) is 6.61 Å². The third-order valence-corrected chi connectivity index (χ3v) is 4.58. The highest BCUT2D eigenvalue weighted by molar-refractivity contribution is 6.30. The average molecular weight is 370 g/mol. The second-order valence-corrected chi connectivity index (χ2v) is 6.64. The first kappa shape index (κ1) is 18.2. The number of hydrogen-bond donors (Lipinski definition) is 1. The first-order valence-corrected chi connectivity index (χ1v) is 8.97. The number of ether oxygens (including phenoxy) is 1. The number of carbonyl (C=O) groups excluding carboxylic acids is 2. The van der Waals surface area contributed by atoms with Crippen LogP contribution in [0.3, 0.4) is 0 Å². The Morgan fingerprint density at radius 3 is 2.73 bits per heavy atom. The maximum absolute atomic E-state index is 12.1. The van der Waals surface area contributed by atoms with Crippen LogP contribution in [0.2, 0.25) is 5.02 Å². The number of fused-ring (bicyclic) bond motifs is 1. The van der Waals surface area contributed by atoms with Crippen molar-refractivity contribution < 1.29 is 14.3 Å². The number of halogens is 1. The number of aryl methyl sites for hydroxylation is 1. The van der Waals surface area contributed by atoms with Gasteiger partial charge in [0.25, 0.3) is 5.91 Å². The van der Waals surface area contributed by atoms with Gasteiger partial charge in [0.2, 0.25) is 0 Å². The van der Waals surface area contributed by atoms with Crippen LogP contribution in [0.5, 0.6) is 0 Å². The lowest BCUT2D eigenvalue weighted by molar-refractivity contribution is -0.144. The summed E-state index contributed by atoms with van der Waals surface area (Å²) in [6, 6.07) is 15.2. The zero-order chi connectivity index (χ0) is 18.4. The highest BCUT2D eigenvalue weighted by Gasteiger charge is 2.21. The molecule has 2 aromatic rings. The van der Waals surface area contributed by atoms with Crippen molar-refractivity contribution >= 4 is 29.6 Å². The van der Waals surface area contributed by atoms with Crippen molar-refractivity contribution in [1.29, 1.82) is 0 Å². The Kier molecular flexibility index (Phi) is 6.08. The van der Waals surface area contributed by atoms with E-state index in [1.54, 1.807) is 30.3 Å². The summed E-state index contributed by atoms with van der Waals surface area (Å²) in [4.78, 5) is 23.9. The third kappa shape index (κ3) is 4.96. The number of esters is 1. The lowest BCUT2D eigenvalue weighted by Crippen LogP contribution is -2.34. The van der Waals surface area contributed by atoms with Crippen molar-refractivity contribution in [2.45, 2.75) is 25.3 Å². The summed E-state index contributed by atoms with van der Waals surface area (Å²) in [7, 11) is 0. The summed E-state index contributed by atoms with van der Waals surface area (Å²) in [5.74, 6) is -0.848. The molecule has 0 radical (unpaired) electrons. The maximum atomic E-state index is 12.1. The molecule has 0 saturated carbocycles. The molecule has 3 rings (SSSR count). The summed E-state index contributed by atoms with van der Waals surface area (Å²) in [5.41, 5.74) is 3.25. The Bertz CT molecular complexity index is 814. The van der Waals surface area contributed by atoms with E-state index >= 15 is 0 Å². The number of nitrogens with one attached hydrogen (secondary N) is 1. The monoisotopic (exact) mass is 369 g/mol. The minimum absolute atomic E-state index is 0.0178. The molecule has 1 aliphatic rings. The molecule has 1 atom stereocenters. The van der Waals surface area contributed by atoms with Crippen LogP contribution >= 0.6 is 11.6 Å². The standard InChI is InChI=1S/C21H20ClNO3/c22-17-11-8-15(9-12-17)10-13-21(25)26-14-20(24)23-19-7-3-5-16-4-1-2-6-18(16)19/h1-2,4,6,8-13,19H,3,5,7,14H2,(H,23,24)/b13-10+/t19-/m0/s1. The largest absolute Gasteiger partial charge is 0.452 e. The van der Waals surface area contributed by atoms with Gasteiger partial charge in [-0.3, -0.25) is 4.79 Å². The van der Waals surface area contributed by atoms with E-state index in [2.05, 4.69) is 11.4 Å². The number of hydrogen-bond acceptors (Lipinski definition) is 3. The quantitative estimate of drug-likeness (QED) is 0.638. The van der Waals surface area contributed by atoms with Crippen molar-refractivity contribution in [3.05, 3.63) is 76.3 Å². The topological polar surface area (TPSA) is 55.4 Å². The van der Waals surface area contributed by atoms with Gasteiger partial charge in [0.05, 0.1) is 6.04 Å². The van der Waals surface area contributed by atoms with Crippen LogP contribution in [-0.2, 0) is 20.7 Å². The fourth-order valence-corrected chi connectivity index (χ4v) is 3.19. The summed E-state index contributed by atoms with van der Waals surface area (Å²) < 4.78 is 5.01. The van der Waals surface area contributed by atoms with Crippen LogP contribution in [0.25, 0.3) is 6.08 Å². The second kappa shape index (κ2) is 8.68. The van der Waals surface area contributed by atoms with Crippen LogP contribution in [0.1, 0.15) is 35.6 Å². The fourth-order valence-electron chi connectivity index (χ4n) is 3.06. The molecule has 1 N–H and O–H groups in total. The molecule has 0 unspecified atom stereocenters. The number of carbonyl (C=O) groups is 2. The molecule has 2 aromatic carbocycles. The average Bonchev–Trinajstić information content (AvgIpc) is 2.66. The van der Waals surface area contributed by atoms with Crippen molar-refractivity contribution in [3.8, 4) is 0 Å². The molecular weight excluding hydrogens is 350 g/mol. The number of amides is 1. The molecular formula is C21H20ClNO3. The van der Waals surface area contributed by atoms with Gasteiger partial charge in [-0.1, -0.05) is 48.0 Å². The van der Waals surface area contributed by atoms with E-state index in [9.17, 15) is 9.59 Å². The molecule has 0 saturated heterocycles. The first-order chi connectivity index (χ1) is 12.6. The molecule has 0 spiro atoms. The van der Waals surface area contributed by atoms with Gasteiger partial charge in [0.15, 0.2) is 6.61 Å². The lowest BCUT2D eigenvalue weighted by atomic mass is 9.88. The van der Waals surface area contributed by atoms with Crippen molar-refractivity contribution in [3.63, 3.8) is 0 Å². The number of rotatable bonds is 5. The van der Waals surface area contributed by atoms with Gasteiger partial charge in [-0.05, 0) is 54.2 Å². The molecule has 26 heavy (non-hydrogen) atoms. The van der Waals surface area contributed by atoms with Crippen LogP contribution < -0.4 is 5.32 Å². The first-order valence-electron chi connectivity index (χ1n) is 8.59. The predicted molar refractivity (Wildman–Crippen MR) is 102 cm³/mol. The van der Waals surface area contributed by atoms with Gasteiger partial charge in [-0.25, -0.2) is 4.79 Å². The molecule has 1 aliphatic carbocycles. The third-order valence-electron chi connectivity index (χ3n) is 4.33. The molecule has 0 aromatic heterocycles. The number of benzene rings is 2. The summed E-state index contributed by atoms with van der Waals surface area (Å²) >= 11 is 5.81. The summed E-state index contributed by atoms with van der Waals surface area (Å²) in [6.07, 6.45) is 5.88. The SMILES string of the molecule is O=C(COC(=O)/C=C/c1ccc(Cl)cc1)N[C@H]1CCCc2ccccc21. The molecule has 5 heteroatoms. The van der Waals surface area contributed by atoms with E-state index in [0.717, 1.165) is 30.4 Å². The van der Waals surface area contributed by atoms with Gasteiger partial charge >= 0.3 is 5.97 Å². The van der Waals surface area contributed by atoms with E-state index in [1.165, 1.54) is 11.6 Å². The molecule has 0 heterocycles. The van der Waals surface area contributed by atoms with Gasteiger partial charge in [-0.2, -0.15) is 0 Å². The predicted octanol–water partition coefficient (Wildman–Crippen LogP) is 4.09. The summed E-state index contributed by atoms with van der Waals surface area (Å²) in [5, 5.41) is 3.59. The Morgan fingerprint density at radius 1 is 1.15 bits per heavy atom. The zero-order valence-corrected chi connectivity index (χ0v) is 15.0. The molecule has 0 bridgehead atoms. The molecule has 0 fully saturated rings.